The van der Waals surface area contributed by atoms with Crippen molar-refractivity contribution in [2.24, 2.45) is 5.92 Å². The Labute approximate surface area is 294 Å². The third-order valence-corrected chi connectivity index (χ3v) is 11.9. The molecule has 50 heavy (non-hydrogen) atoms. The van der Waals surface area contributed by atoms with Crippen LogP contribution in [0.25, 0.3) is 0 Å². The Morgan fingerprint density at radius 1 is 1.02 bits per heavy atom. The molecule has 2 N–H and O–H groups in total. The summed E-state index contributed by atoms with van der Waals surface area (Å²) in [5, 5.41) is 10.2. The van der Waals surface area contributed by atoms with Gasteiger partial charge in [-0.15, -0.1) is 0 Å². The Balaban J connectivity index is 1.67. The number of hydrogen-bond acceptors (Lipinski definition) is 9. The third-order valence-electron chi connectivity index (χ3n) is 8.63. The van der Waals surface area contributed by atoms with Crippen molar-refractivity contribution in [2.75, 3.05) is 45.2 Å². The van der Waals surface area contributed by atoms with Crippen LogP contribution >= 0.6 is 0 Å². The molecule has 0 aliphatic carbocycles. The lowest BCUT2D eigenvalue weighted by molar-refractivity contribution is -0.00834. The molecule has 3 aromatic rings. The van der Waals surface area contributed by atoms with E-state index in [2.05, 4.69) is 4.72 Å². The van der Waals surface area contributed by atoms with E-state index in [-0.39, 0.29) is 52.6 Å². The number of anilines is 1. The van der Waals surface area contributed by atoms with Crippen molar-refractivity contribution in [3.05, 3.63) is 78.1 Å². The van der Waals surface area contributed by atoms with Crippen LogP contribution in [-0.2, 0) is 24.8 Å². The van der Waals surface area contributed by atoms with Gasteiger partial charge in [0.15, 0.2) is 0 Å². The minimum Gasteiger partial charge on any atom is -0.497 e. The van der Waals surface area contributed by atoms with Gasteiger partial charge in [0.05, 0.1) is 47.3 Å². The molecule has 4 atom stereocenters. The van der Waals surface area contributed by atoms with E-state index in [1.165, 1.54) is 67.6 Å². The van der Waals surface area contributed by atoms with Crippen LogP contribution in [0.5, 0.6) is 11.5 Å². The summed E-state index contributed by atoms with van der Waals surface area (Å²) >= 11 is 0. The first-order valence-electron chi connectivity index (χ1n) is 16.4. The number of aliphatic hydroxyl groups excluding tert-OH is 1. The molecule has 0 spiro atoms. The zero-order valence-corrected chi connectivity index (χ0v) is 30.5. The molecule has 0 aromatic heterocycles. The van der Waals surface area contributed by atoms with Crippen molar-refractivity contribution in [3.63, 3.8) is 0 Å². The molecule has 4 rings (SSSR count). The van der Waals surface area contributed by atoms with Crippen LogP contribution in [0, 0.1) is 11.7 Å². The van der Waals surface area contributed by atoms with E-state index in [0.29, 0.717) is 25.2 Å². The van der Waals surface area contributed by atoms with Crippen molar-refractivity contribution in [1.29, 1.82) is 0 Å². The number of nitrogens with one attached hydrogen (secondary N) is 1. The molecule has 0 saturated heterocycles. The van der Waals surface area contributed by atoms with Gasteiger partial charge in [0, 0.05) is 38.3 Å². The zero-order chi connectivity index (χ0) is 36.6. The van der Waals surface area contributed by atoms with E-state index in [1.54, 1.807) is 13.0 Å². The molecule has 1 amide bonds. The lowest BCUT2D eigenvalue weighted by Gasteiger charge is -2.35. The van der Waals surface area contributed by atoms with Crippen molar-refractivity contribution >= 4 is 31.6 Å². The van der Waals surface area contributed by atoms with Crippen LogP contribution < -0.4 is 14.2 Å². The molecule has 0 fully saturated rings. The molecule has 274 valence electrons. The predicted octanol–water partition coefficient (Wildman–Crippen LogP) is 4.75. The SMILES string of the molecule is COc1ccc(S(=O)(=O)Nc2ccc3c(c2)C(=O)N([C@H](C)CO)C[C@H](C)[C@@H](CN(C)S(=O)(=O)c2ccc(F)cc2)OCCCC[C@H](C)O3)cc1. The van der Waals surface area contributed by atoms with Crippen LogP contribution in [0.3, 0.4) is 0 Å². The Hall–Kier alpha value is -3.76. The Morgan fingerprint density at radius 2 is 1.68 bits per heavy atom. The van der Waals surface area contributed by atoms with E-state index in [4.69, 9.17) is 14.2 Å². The number of halogens is 1. The maximum atomic E-state index is 14.4. The van der Waals surface area contributed by atoms with E-state index in [0.717, 1.165) is 22.9 Å². The number of carbonyl (C=O) groups is 1. The van der Waals surface area contributed by atoms with Gasteiger partial charge < -0.3 is 24.2 Å². The molecule has 0 unspecified atom stereocenters. The normalized spacial score (nSPS) is 20.4. The van der Waals surface area contributed by atoms with Crippen LogP contribution in [0.4, 0.5) is 10.1 Å². The second-order valence-electron chi connectivity index (χ2n) is 12.5. The number of benzene rings is 3. The van der Waals surface area contributed by atoms with Gasteiger partial charge in [-0.05, 0) is 99.8 Å². The van der Waals surface area contributed by atoms with E-state index < -0.39 is 49.8 Å². The van der Waals surface area contributed by atoms with Crippen molar-refractivity contribution in [3.8, 4) is 11.5 Å². The number of methoxy groups -OCH3 is 1. The molecule has 12 nitrogen and oxygen atoms in total. The summed E-state index contributed by atoms with van der Waals surface area (Å²) in [4.78, 5) is 15.8. The maximum Gasteiger partial charge on any atom is 0.261 e. The number of nitrogens with zero attached hydrogens (tertiary/aromatic N) is 2. The fourth-order valence-corrected chi connectivity index (χ4v) is 7.79. The highest BCUT2D eigenvalue weighted by molar-refractivity contribution is 7.92. The van der Waals surface area contributed by atoms with Gasteiger partial charge in [-0.2, -0.15) is 4.31 Å². The number of carbonyl (C=O) groups excluding carboxylic acids is 1. The second kappa shape index (κ2) is 17.0. The van der Waals surface area contributed by atoms with Crippen molar-refractivity contribution < 1.29 is 45.3 Å². The molecule has 15 heteroatoms. The Kier molecular flexibility index (Phi) is 13.2. The van der Waals surface area contributed by atoms with Gasteiger partial charge >= 0.3 is 0 Å². The minimum absolute atomic E-state index is 0.00334. The minimum atomic E-state index is -4.04. The average Bonchev–Trinajstić information content (AvgIpc) is 3.09. The smallest absolute Gasteiger partial charge is 0.261 e. The summed E-state index contributed by atoms with van der Waals surface area (Å²) in [5.74, 6) is -0.752. The summed E-state index contributed by atoms with van der Waals surface area (Å²) in [7, 11) is -5.13. The zero-order valence-electron chi connectivity index (χ0n) is 28.9. The summed E-state index contributed by atoms with van der Waals surface area (Å²) < 4.78 is 88.0. The van der Waals surface area contributed by atoms with Crippen LogP contribution in [0.15, 0.2) is 76.5 Å². The van der Waals surface area contributed by atoms with E-state index >= 15 is 0 Å². The molecule has 3 aromatic carbocycles. The fraction of sp³-hybridized carbons (Fsp3) is 0.457. The molecule has 1 heterocycles. The van der Waals surface area contributed by atoms with Gasteiger partial charge in [-0.1, -0.05) is 6.92 Å². The lowest BCUT2D eigenvalue weighted by Crippen LogP contribution is -2.48. The molecular formula is C35H46FN3O9S2. The lowest BCUT2D eigenvalue weighted by atomic mass is 10.0. The molecule has 1 aliphatic rings. The topological polar surface area (TPSA) is 152 Å². The number of sulfonamides is 2. The molecule has 0 saturated carbocycles. The highest BCUT2D eigenvalue weighted by Gasteiger charge is 2.32. The van der Waals surface area contributed by atoms with E-state index in [1.807, 2.05) is 13.8 Å². The number of likely N-dealkylation sites (N-methyl/N-ethyl adjacent to an activating group) is 1. The average molecular weight is 736 g/mol. The highest BCUT2D eigenvalue weighted by Crippen LogP contribution is 2.30. The van der Waals surface area contributed by atoms with Crippen LogP contribution in [0.1, 0.15) is 50.4 Å². The van der Waals surface area contributed by atoms with Crippen molar-refractivity contribution in [2.45, 2.75) is 68.1 Å². The van der Waals surface area contributed by atoms with Gasteiger partial charge in [-0.3, -0.25) is 9.52 Å². The largest absolute Gasteiger partial charge is 0.497 e. The Bertz CT molecular complexity index is 1810. The number of aliphatic hydroxyl groups is 1. The molecule has 0 radical (unpaired) electrons. The molecular weight excluding hydrogens is 690 g/mol. The number of amides is 1. The first-order chi connectivity index (χ1) is 23.7. The number of hydrogen-bond donors (Lipinski definition) is 2. The summed E-state index contributed by atoms with van der Waals surface area (Å²) in [6.45, 7) is 5.35. The van der Waals surface area contributed by atoms with E-state index in [9.17, 15) is 31.1 Å². The fourth-order valence-electron chi connectivity index (χ4n) is 5.56. The van der Waals surface area contributed by atoms with Gasteiger partial charge in [0.2, 0.25) is 10.0 Å². The molecule has 0 bridgehead atoms. The molecule has 1 aliphatic heterocycles. The summed E-state index contributed by atoms with van der Waals surface area (Å²) in [6.07, 6.45) is 1.05. The van der Waals surface area contributed by atoms with Gasteiger partial charge in [0.1, 0.15) is 17.3 Å². The third kappa shape index (κ3) is 9.72. The van der Waals surface area contributed by atoms with Gasteiger partial charge in [0.25, 0.3) is 15.9 Å². The first-order valence-corrected chi connectivity index (χ1v) is 19.3. The summed E-state index contributed by atoms with van der Waals surface area (Å²) in [5.41, 5.74) is 0.216. The van der Waals surface area contributed by atoms with Gasteiger partial charge in [-0.25, -0.2) is 21.2 Å². The monoisotopic (exact) mass is 735 g/mol. The summed E-state index contributed by atoms with van der Waals surface area (Å²) in [6, 6.07) is 14.2. The maximum absolute atomic E-state index is 14.4. The quantitative estimate of drug-likeness (QED) is 0.301. The number of ether oxygens (including phenoxy) is 3. The number of rotatable bonds is 10. The Morgan fingerprint density at radius 3 is 2.32 bits per heavy atom. The first kappa shape index (κ1) is 39.0. The van der Waals surface area contributed by atoms with Crippen LogP contribution in [-0.4, -0.2) is 95.8 Å². The second-order valence-corrected chi connectivity index (χ2v) is 16.3. The highest BCUT2D eigenvalue weighted by atomic mass is 32.2. The number of fused-ring (bicyclic) bond motifs is 1. The van der Waals surface area contributed by atoms with Crippen molar-refractivity contribution in [1.82, 2.24) is 9.21 Å². The standard InChI is InChI=1S/C35H46FN3O9S2/c1-24-21-39(25(2)23-40)35(41)32-20-28(37-49(42,43)30-16-12-29(46-5)13-17-30)11-18-33(32)48-26(3)8-6-7-19-47-34(24)22-38(4)50(44,45)31-14-9-27(36)10-15-31/h9-18,20,24-26,34,37,40H,6-8,19,21-23H2,1-5H3/t24-,25+,26-,34+/m0/s1. The van der Waals surface area contributed by atoms with Crippen LogP contribution in [0.2, 0.25) is 0 Å². The predicted molar refractivity (Wildman–Crippen MR) is 187 cm³/mol.